The summed E-state index contributed by atoms with van der Waals surface area (Å²) < 4.78 is 0. The Morgan fingerprint density at radius 2 is 1.75 bits per heavy atom. The lowest BCUT2D eigenvalue weighted by molar-refractivity contribution is 0.273. The first-order valence-corrected chi connectivity index (χ1v) is 6.89. The molecule has 0 saturated carbocycles. The molecule has 4 nitrogen and oxygen atoms in total. The van der Waals surface area contributed by atoms with Gasteiger partial charge in [0.1, 0.15) is 0 Å². The molecule has 106 valence electrons. The maximum Gasteiger partial charge on any atom is 0.223 e. The molecule has 0 spiro atoms. The predicted molar refractivity (Wildman–Crippen MR) is 81.2 cm³/mol. The summed E-state index contributed by atoms with van der Waals surface area (Å²) in [4.78, 5) is 8.65. The number of hydrogen-bond donors (Lipinski definition) is 2. The molecule has 1 aromatic carbocycles. The molecule has 0 aliphatic carbocycles. The van der Waals surface area contributed by atoms with Gasteiger partial charge >= 0.3 is 0 Å². The van der Waals surface area contributed by atoms with Crippen molar-refractivity contribution < 1.29 is 5.11 Å². The molecule has 0 aliphatic heterocycles. The van der Waals surface area contributed by atoms with Crippen LogP contribution in [0.2, 0.25) is 5.02 Å². The third-order valence-electron chi connectivity index (χ3n) is 2.93. The van der Waals surface area contributed by atoms with Gasteiger partial charge in [-0.3, -0.25) is 0 Å². The normalized spacial score (nSPS) is 12.2. The van der Waals surface area contributed by atoms with Crippen LogP contribution in [0.3, 0.4) is 0 Å². The second-order valence-electron chi connectivity index (χ2n) is 4.83. The van der Waals surface area contributed by atoms with Crippen molar-refractivity contribution in [2.24, 2.45) is 0 Å². The fraction of sp³-hybridized carbons (Fsp3) is 0.333. The van der Waals surface area contributed by atoms with Crippen LogP contribution in [0.5, 0.6) is 0 Å². The molecule has 20 heavy (non-hydrogen) atoms. The Morgan fingerprint density at radius 1 is 1.15 bits per heavy atom. The zero-order valence-corrected chi connectivity index (χ0v) is 12.4. The third kappa shape index (κ3) is 4.18. The van der Waals surface area contributed by atoms with Crippen molar-refractivity contribution in [3.05, 3.63) is 52.3 Å². The molecule has 0 aliphatic rings. The van der Waals surface area contributed by atoms with Gasteiger partial charge in [0, 0.05) is 16.4 Å². The Labute approximate surface area is 123 Å². The summed E-state index contributed by atoms with van der Waals surface area (Å²) in [5, 5.41) is 13.4. The summed E-state index contributed by atoms with van der Waals surface area (Å²) in [5.41, 5.74) is 2.91. The zero-order chi connectivity index (χ0) is 14.5. The van der Waals surface area contributed by atoms with Gasteiger partial charge in [-0.05, 0) is 44.0 Å². The van der Waals surface area contributed by atoms with Gasteiger partial charge in [0.15, 0.2) is 0 Å². The van der Waals surface area contributed by atoms with Crippen molar-refractivity contribution in [3.63, 3.8) is 0 Å². The summed E-state index contributed by atoms with van der Waals surface area (Å²) in [7, 11) is 0. The standard InChI is InChI=1S/C15H18ClN3O/c1-10-7-11(2)18-15(17-10)19-14(9-20)8-12-3-5-13(16)6-4-12/h3-7,14,20H,8-9H2,1-2H3,(H,17,18,19)/t14-/m0/s1. The molecule has 0 radical (unpaired) electrons. The average Bonchev–Trinajstić information content (AvgIpc) is 2.39. The molecule has 2 rings (SSSR count). The number of aryl methyl sites for hydroxylation is 2. The number of anilines is 1. The number of aliphatic hydroxyl groups excluding tert-OH is 1. The van der Waals surface area contributed by atoms with Gasteiger partial charge in [0.2, 0.25) is 5.95 Å². The number of rotatable bonds is 5. The summed E-state index contributed by atoms with van der Waals surface area (Å²) in [6, 6.07) is 9.39. The van der Waals surface area contributed by atoms with Crippen LogP contribution in [0.15, 0.2) is 30.3 Å². The van der Waals surface area contributed by atoms with Crippen molar-refractivity contribution in [2.45, 2.75) is 26.3 Å². The lowest BCUT2D eigenvalue weighted by Gasteiger charge is -2.17. The molecule has 0 amide bonds. The molecule has 1 aromatic heterocycles. The maximum absolute atomic E-state index is 9.50. The molecule has 1 heterocycles. The summed E-state index contributed by atoms with van der Waals surface area (Å²) >= 11 is 5.86. The van der Waals surface area contributed by atoms with E-state index >= 15 is 0 Å². The molecule has 0 unspecified atom stereocenters. The zero-order valence-electron chi connectivity index (χ0n) is 11.6. The Bertz CT molecular complexity index is 552. The Morgan fingerprint density at radius 3 is 2.30 bits per heavy atom. The number of nitrogens with one attached hydrogen (secondary N) is 1. The van der Waals surface area contributed by atoms with E-state index in [0.29, 0.717) is 17.4 Å². The highest BCUT2D eigenvalue weighted by Crippen LogP contribution is 2.13. The van der Waals surface area contributed by atoms with E-state index in [-0.39, 0.29) is 12.6 Å². The lowest BCUT2D eigenvalue weighted by atomic mass is 10.1. The van der Waals surface area contributed by atoms with E-state index in [4.69, 9.17) is 11.6 Å². The lowest BCUT2D eigenvalue weighted by Crippen LogP contribution is -2.27. The van der Waals surface area contributed by atoms with E-state index in [0.717, 1.165) is 17.0 Å². The van der Waals surface area contributed by atoms with E-state index in [2.05, 4.69) is 15.3 Å². The molecular formula is C15H18ClN3O. The number of aromatic nitrogens is 2. The van der Waals surface area contributed by atoms with Crippen LogP contribution in [0, 0.1) is 13.8 Å². The summed E-state index contributed by atoms with van der Waals surface area (Å²) in [5.74, 6) is 0.551. The molecule has 0 fully saturated rings. The molecule has 2 aromatic rings. The van der Waals surface area contributed by atoms with Gasteiger partial charge in [-0.2, -0.15) is 0 Å². The molecule has 2 N–H and O–H groups in total. The first kappa shape index (κ1) is 14.8. The fourth-order valence-electron chi connectivity index (χ4n) is 2.04. The number of halogens is 1. The molecule has 0 bridgehead atoms. The monoisotopic (exact) mass is 291 g/mol. The minimum Gasteiger partial charge on any atom is -0.394 e. The van der Waals surface area contributed by atoms with E-state index in [9.17, 15) is 5.11 Å². The maximum atomic E-state index is 9.50. The van der Waals surface area contributed by atoms with E-state index in [1.165, 1.54) is 0 Å². The Kier molecular flexibility index (Phi) is 4.93. The third-order valence-corrected chi connectivity index (χ3v) is 3.18. The first-order valence-electron chi connectivity index (χ1n) is 6.51. The second-order valence-corrected chi connectivity index (χ2v) is 5.27. The van der Waals surface area contributed by atoms with Gasteiger partial charge in [-0.1, -0.05) is 23.7 Å². The number of aliphatic hydroxyl groups is 1. The number of hydrogen-bond acceptors (Lipinski definition) is 4. The average molecular weight is 292 g/mol. The van der Waals surface area contributed by atoms with E-state index in [1.807, 2.05) is 44.2 Å². The van der Waals surface area contributed by atoms with Crippen LogP contribution in [-0.4, -0.2) is 27.7 Å². The second kappa shape index (κ2) is 6.68. The van der Waals surface area contributed by atoms with Crippen LogP contribution in [0.25, 0.3) is 0 Å². The van der Waals surface area contributed by atoms with Crippen molar-refractivity contribution >= 4 is 17.5 Å². The van der Waals surface area contributed by atoms with Crippen LogP contribution in [0.4, 0.5) is 5.95 Å². The topological polar surface area (TPSA) is 58.0 Å². The van der Waals surface area contributed by atoms with Crippen molar-refractivity contribution in [1.29, 1.82) is 0 Å². The number of benzene rings is 1. The van der Waals surface area contributed by atoms with Crippen LogP contribution in [-0.2, 0) is 6.42 Å². The van der Waals surface area contributed by atoms with Crippen LogP contribution in [0.1, 0.15) is 17.0 Å². The summed E-state index contributed by atoms with van der Waals surface area (Å²) in [6.07, 6.45) is 0.685. The molecule has 0 saturated heterocycles. The molecule has 5 heteroatoms. The van der Waals surface area contributed by atoms with Gasteiger partial charge in [0.25, 0.3) is 0 Å². The highest BCUT2D eigenvalue weighted by Gasteiger charge is 2.10. The Hall–Kier alpha value is -1.65. The van der Waals surface area contributed by atoms with Crippen LogP contribution >= 0.6 is 11.6 Å². The van der Waals surface area contributed by atoms with Gasteiger partial charge in [0.05, 0.1) is 12.6 Å². The largest absolute Gasteiger partial charge is 0.394 e. The van der Waals surface area contributed by atoms with Gasteiger partial charge in [-0.15, -0.1) is 0 Å². The van der Waals surface area contributed by atoms with E-state index in [1.54, 1.807) is 0 Å². The van der Waals surface area contributed by atoms with Crippen LogP contribution < -0.4 is 5.32 Å². The predicted octanol–water partition coefficient (Wildman–Crippen LogP) is 2.76. The molecular weight excluding hydrogens is 274 g/mol. The van der Waals surface area contributed by atoms with Crippen molar-refractivity contribution in [1.82, 2.24) is 9.97 Å². The van der Waals surface area contributed by atoms with Gasteiger partial charge in [-0.25, -0.2) is 9.97 Å². The SMILES string of the molecule is Cc1cc(C)nc(N[C@H](CO)Cc2ccc(Cl)cc2)n1. The number of nitrogens with zero attached hydrogens (tertiary/aromatic N) is 2. The van der Waals surface area contributed by atoms with Crippen molar-refractivity contribution in [2.75, 3.05) is 11.9 Å². The minimum atomic E-state index is -0.127. The van der Waals surface area contributed by atoms with Crippen molar-refractivity contribution in [3.8, 4) is 0 Å². The van der Waals surface area contributed by atoms with Gasteiger partial charge < -0.3 is 10.4 Å². The first-order chi connectivity index (χ1) is 9.56. The highest BCUT2D eigenvalue weighted by atomic mass is 35.5. The Balaban J connectivity index is 2.06. The fourth-order valence-corrected chi connectivity index (χ4v) is 2.17. The summed E-state index contributed by atoms with van der Waals surface area (Å²) in [6.45, 7) is 3.86. The highest BCUT2D eigenvalue weighted by molar-refractivity contribution is 6.30. The minimum absolute atomic E-state index is 0.0129. The molecule has 1 atom stereocenters. The smallest absolute Gasteiger partial charge is 0.223 e. The quantitative estimate of drug-likeness (QED) is 0.889. The van der Waals surface area contributed by atoms with E-state index < -0.39 is 0 Å².